The van der Waals surface area contributed by atoms with E-state index in [1.54, 1.807) is 0 Å². The number of carbonyl (C=O) groups excluding carboxylic acids is 1. The fourth-order valence-electron chi connectivity index (χ4n) is 1.69. The van der Waals surface area contributed by atoms with E-state index in [1.807, 2.05) is 5.32 Å². The molecule has 3 N–H and O–H groups in total. The average Bonchev–Trinajstić information content (AvgIpc) is 2.10. The van der Waals surface area contributed by atoms with Gasteiger partial charge in [-0.25, -0.2) is 13.6 Å². The Bertz CT molecular complexity index is 280. The lowest BCUT2D eigenvalue weighted by molar-refractivity contribution is -0.139. The highest BCUT2D eigenvalue weighted by atomic mass is 19.3. The first-order valence-electron chi connectivity index (χ1n) is 4.99. The van der Waals surface area contributed by atoms with Crippen LogP contribution in [0.4, 0.5) is 13.6 Å². The quantitative estimate of drug-likeness (QED) is 0.665. The minimum atomic E-state index is -2.61. The Hall–Kier alpha value is -1.40. The summed E-state index contributed by atoms with van der Waals surface area (Å²) in [5.74, 6) is -1.01. The molecule has 0 saturated heterocycles. The van der Waals surface area contributed by atoms with Gasteiger partial charge in [-0.3, -0.25) is 4.79 Å². The zero-order chi connectivity index (χ0) is 12.2. The lowest BCUT2D eigenvalue weighted by Gasteiger charge is -2.41. The molecule has 1 saturated carbocycles. The number of aliphatic carboxylic acids is 1. The number of amides is 2. The molecule has 2 amide bonds. The van der Waals surface area contributed by atoms with Crippen molar-refractivity contribution in [3.63, 3.8) is 0 Å². The molecule has 1 rings (SSSR count). The van der Waals surface area contributed by atoms with Crippen molar-refractivity contribution in [1.29, 1.82) is 0 Å². The van der Waals surface area contributed by atoms with Gasteiger partial charge in [0.05, 0.1) is 18.5 Å². The van der Waals surface area contributed by atoms with Gasteiger partial charge in [-0.1, -0.05) is 0 Å². The first-order valence-corrected chi connectivity index (χ1v) is 4.99. The fraction of sp³-hybridized carbons (Fsp3) is 0.778. The number of rotatable bonds is 5. The number of carbonyl (C=O) groups is 2. The summed E-state index contributed by atoms with van der Waals surface area (Å²) in [4.78, 5) is 21.8. The largest absolute Gasteiger partial charge is 0.481 e. The maximum absolute atomic E-state index is 11.8. The summed E-state index contributed by atoms with van der Waals surface area (Å²) in [6, 6.07) is -0.735. The van der Waals surface area contributed by atoms with Crippen molar-refractivity contribution in [3.8, 4) is 0 Å². The number of urea groups is 1. The van der Waals surface area contributed by atoms with Gasteiger partial charge in [-0.05, 0) is 19.3 Å². The number of carboxylic acids is 1. The molecule has 7 heteroatoms. The molecule has 0 unspecified atom stereocenters. The number of nitrogens with one attached hydrogen (secondary N) is 2. The zero-order valence-corrected chi connectivity index (χ0v) is 8.63. The van der Waals surface area contributed by atoms with Crippen LogP contribution in [0.25, 0.3) is 0 Å². The fourth-order valence-corrected chi connectivity index (χ4v) is 1.69. The van der Waals surface area contributed by atoms with Crippen LogP contribution in [0.15, 0.2) is 0 Å². The minimum Gasteiger partial charge on any atom is -0.481 e. The van der Waals surface area contributed by atoms with E-state index in [4.69, 9.17) is 5.11 Å². The third kappa shape index (κ3) is 3.63. The molecule has 0 spiro atoms. The van der Waals surface area contributed by atoms with Crippen LogP contribution in [0, 0.1) is 0 Å². The van der Waals surface area contributed by atoms with Crippen molar-refractivity contribution in [2.75, 3.05) is 6.54 Å². The van der Waals surface area contributed by atoms with Crippen LogP contribution in [0.2, 0.25) is 0 Å². The van der Waals surface area contributed by atoms with Gasteiger partial charge in [0.1, 0.15) is 0 Å². The van der Waals surface area contributed by atoms with Crippen molar-refractivity contribution in [2.24, 2.45) is 0 Å². The first-order chi connectivity index (χ1) is 7.43. The second-order valence-corrected chi connectivity index (χ2v) is 3.93. The highest BCUT2D eigenvalue weighted by molar-refractivity contribution is 5.77. The Morgan fingerprint density at radius 2 is 2.00 bits per heavy atom. The number of hydrogen-bond donors (Lipinski definition) is 3. The smallest absolute Gasteiger partial charge is 0.315 e. The van der Waals surface area contributed by atoms with Crippen LogP contribution in [0.5, 0.6) is 0 Å². The normalized spacial score (nSPS) is 17.7. The van der Waals surface area contributed by atoms with Crippen LogP contribution in [0.3, 0.4) is 0 Å². The Labute approximate surface area is 91.2 Å². The van der Waals surface area contributed by atoms with E-state index in [2.05, 4.69) is 5.32 Å². The Balaban J connectivity index is 2.38. The van der Waals surface area contributed by atoms with E-state index in [1.165, 1.54) is 0 Å². The highest BCUT2D eigenvalue weighted by Crippen LogP contribution is 2.34. The molecule has 1 aliphatic rings. The summed E-state index contributed by atoms with van der Waals surface area (Å²) < 4.78 is 23.6. The van der Waals surface area contributed by atoms with Crippen molar-refractivity contribution in [3.05, 3.63) is 0 Å². The lowest BCUT2D eigenvalue weighted by atomic mass is 9.74. The van der Waals surface area contributed by atoms with Gasteiger partial charge in [0.15, 0.2) is 0 Å². The minimum absolute atomic E-state index is 0.172. The molecule has 0 aliphatic heterocycles. The number of halogens is 2. The Morgan fingerprint density at radius 3 is 2.38 bits per heavy atom. The van der Waals surface area contributed by atoms with Gasteiger partial charge < -0.3 is 15.7 Å². The summed E-state index contributed by atoms with van der Waals surface area (Å²) in [7, 11) is 0. The van der Waals surface area contributed by atoms with E-state index < -0.39 is 30.5 Å². The van der Waals surface area contributed by atoms with Gasteiger partial charge in [0, 0.05) is 0 Å². The molecular weight excluding hydrogens is 222 g/mol. The van der Waals surface area contributed by atoms with E-state index in [-0.39, 0.29) is 6.42 Å². The molecule has 1 aliphatic carbocycles. The number of alkyl halides is 2. The van der Waals surface area contributed by atoms with Crippen molar-refractivity contribution in [1.82, 2.24) is 10.6 Å². The van der Waals surface area contributed by atoms with Crippen LogP contribution in [-0.2, 0) is 4.79 Å². The molecule has 0 aromatic heterocycles. The molecule has 92 valence electrons. The topological polar surface area (TPSA) is 78.4 Å². The average molecular weight is 236 g/mol. The molecular formula is C9H14F2N2O3. The molecule has 5 nitrogen and oxygen atoms in total. The predicted molar refractivity (Wildman–Crippen MR) is 51.4 cm³/mol. The molecule has 0 aromatic carbocycles. The molecule has 0 bridgehead atoms. The lowest BCUT2D eigenvalue weighted by Crippen LogP contribution is -2.57. The molecule has 0 aromatic rings. The van der Waals surface area contributed by atoms with Crippen LogP contribution >= 0.6 is 0 Å². The van der Waals surface area contributed by atoms with E-state index >= 15 is 0 Å². The van der Waals surface area contributed by atoms with Crippen LogP contribution in [0.1, 0.15) is 25.7 Å². The second-order valence-electron chi connectivity index (χ2n) is 3.93. The SMILES string of the molecule is O=C(O)CC1(NC(=O)NCC(F)F)CCC1. The van der Waals surface area contributed by atoms with Gasteiger partial charge in [-0.2, -0.15) is 0 Å². The van der Waals surface area contributed by atoms with E-state index in [0.29, 0.717) is 12.8 Å². The summed E-state index contributed by atoms with van der Waals surface area (Å²) in [6.45, 7) is -0.727. The van der Waals surface area contributed by atoms with Gasteiger partial charge in [0.2, 0.25) is 0 Å². The summed E-state index contributed by atoms with van der Waals surface area (Å²) in [5.41, 5.74) is -0.752. The van der Waals surface area contributed by atoms with E-state index in [0.717, 1.165) is 6.42 Å². The van der Waals surface area contributed by atoms with Crippen LogP contribution in [-0.4, -0.2) is 35.6 Å². The molecule has 0 heterocycles. The van der Waals surface area contributed by atoms with Crippen molar-refractivity contribution in [2.45, 2.75) is 37.6 Å². The monoisotopic (exact) mass is 236 g/mol. The summed E-state index contributed by atoms with van der Waals surface area (Å²) in [6.07, 6.45) is -0.803. The molecule has 0 atom stereocenters. The first kappa shape index (κ1) is 12.7. The number of carboxylic acid groups (broad SMARTS) is 1. The third-order valence-corrected chi connectivity index (χ3v) is 2.60. The Morgan fingerprint density at radius 1 is 1.38 bits per heavy atom. The van der Waals surface area contributed by atoms with Crippen molar-refractivity contribution < 1.29 is 23.5 Å². The van der Waals surface area contributed by atoms with Gasteiger partial charge in [-0.15, -0.1) is 0 Å². The van der Waals surface area contributed by atoms with Crippen LogP contribution < -0.4 is 10.6 Å². The van der Waals surface area contributed by atoms with Gasteiger partial charge in [0.25, 0.3) is 6.43 Å². The standard InChI is InChI=1S/C9H14F2N2O3/c10-6(11)5-12-8(16)13-9(2-1-3-9)4-7(14)15/h6H,1-5H2,(H,14,15)(H2,12,13,16). The van der Waals surface area contributed by atoms with E-state index in [9.17, 15) is 18.4 Å². The molecule has 1 fully saturated rings. The summed E-state index contributed by atoms with van der Waals surface area (Å²) >= 11 is 0. The number of hydrogen-bond acceptors (Lipinski definition) is 2. The Kier molecular flexibility index (Phi) is 4.03. The third-order valence-electron chi connectivity index (χ3n) is 2.60. The summed E-state index contributed by atoms with van der Waals surface area (Å²) in [5, 5.41) is 13.1. The molecule has 0 radical (unpaired) electrons. The van der Waals surface area contributed by atoms with Gasteiger partial charge >= 0.3 is 12.0 Å². The second kappa shape index (κ2) is 5.09. The maximum atomic E-state index is 11.8. The maximum Gasteiger partial charge on any atom is 0.315 e. The highest BCUT2D eigenvalue weighted by Gasteiger charge is 2.40. The van der Waals surface area contributed by atoms with Crippen molar-refractivity contribution >= 4 is 12.0 Å². The predicted octanol–water partition coefficient (Wildman–Crippen LogP) is 0.948. The molecule has 16 heavy (non-hydrogen) atoms. The zero-order valence-electron chi connectivity index (χ0n) is 8.63.